The molecule has 1 saturated carbocycles. The average Bonchev–Trinajstić information content (AvgIpc) is 3.78. The maximum atomic E-state index is 14.1. The van der Waals surface area contributed by atoms with Crippen molar-refractivity contribution in [1.82, 2.24) is 10.2 Å². The lowest BCUT2D eigenvalue weighted by atomic mass is 9.77. The summed E-state index contributed by atoms with van der Waals surface area (Å²) in [5, 5.41) is 24.0. The molecule has 0 radical (unpaired) electrons. The van der Waals surface area contributed by atoms with Crippen molar-refractivity contribution in [2.45, 2.75) is 56.4 Å². The number of methoxy groups -OCH3 is 1. The molecule has 2 aliphatic carbocycles. The smallest absolute Gasteiger partial charge is 0.247 e. The van der Waals surface area contributed by atoms with Crippen LogP contribution in [0.5, 0.6) is 23.0 Å². The van der Waals surface area contributed by atoms with Crippen molar-refractivity contribution in [3.63, 3.8) is 0 Å². The predicted molar refractivity (Wildman–Crippen MR) is 149 cm³/mol. The molecule has 6 rings (SSSR count). The molecule has 2 aromatic rings. The van der Waals surface area contributed by atoms with Gasteiger partial charge in [0.25, 0.3) is 0 Å². The zero-order valence-corrected chi connectivity index (χ0v) is 23.3. The quantitative estimate of drug-likeness (QED) is 0.381. The van der Waals surface area contributed by atoms with E-state index in [4.69, 9.17) is 18.9 Å². The van der Waals surface area contributed by atoms with Gasteiger partial charge in [0.05, 0.1) is 25.7 Å². The molecule has 2 amide bonds. The SMILES string of the molecule is COc1cc(C=O)cc2c1OC1C2C(C(=O)NCCO)=CC(N(Cc2ccc3c(c2)OCO3)C(=O)C2CCCC2)C1O. The average molecular weight is 579 g/mol. The first-order valence-corrected chi connectivity index (χ1v) is 14.2. The van der Waals surface area contributed by atoms with E-state index in [2.05, 4.69) is 5.32 Å². The summed E-state index contributed by atoms with van der Waals surface area (Å²) >= 11 is 0. The van der Waals surface area contributed by atoms with Crippen LogP contribution in [0.3, 0.4) is 0 Å². The molecular formula is C31H34N2O9. The zero-order valence-electron chi connectivity index (χ0n) is 23.3. The highest BCUT2D eigenvalue weighted by Gasteiger charge is 2.52. The van der Waals surface area contributed by atoms with E-state index in [1.165, 1.54) is 13.2 Å². The van der Waals surface area contributed by atoms with Crippen LogP contribution in [0.25, 0.3) is 0 Å². The number of carbonyl (C=O) groups excluding carboxylic acids is 3. The van der Waals surface area contributed by atoms with E-state index in [9.17, 15) is 24.6 Å². The predicted octanol–water partition coefficient (Wildman–Crippen LogP) is 2.08. The number of carbonyl (C=O) groups is 3. The molecule has 222 valence electrons. The summed E-state index contributed by atoms with van der Waals surface area (Å²) in [6.45, 7) is 0.0503. The number of ether oxygens (including phenoxy) is 4. The lowest BCUT2D eigenvalue weighted by molar-refractivity contribution is -0.142. The minimum Gasteiger partial charge on any atom is -0.493 e. The summed E-state index contributed by atoms with van der Waals surface area (Å²) in [4.78, 5) is 41.0. The van der Waals surface area contributed by atoms with Gasteiger partial charge in [-0.1, -0.05) is 18.9 Å². The molecule has 3 N–H and O–H groups in total. The Kier molecular flexibility index (Phi) is 7.78. The number of aliphatic hydroxyl groups excluding tert-OH is 2. The highest BCUT2D eigenvalue weighted by atomic mass is 16.7. The minimum atomic E-state index is -1.21. The molecule has 2 aliphatic heterocycles. The van der Waals surface area contributed by atoms with Gasteiger partial charge in [0, 0.05) is 35.7 Å². The Morgan fingerprint density at radius 3 is 2.67 bits per heavy atom. The van der Waals surface area contributed by atoms with E-state index in [1.807, 2.05) is 12.1 Å². The summed E-state index contributed by atoms with van der Waals surface area (Å²) < 4.78 is 22.8. The number of fused-ring (bicyclic) bond motifs is 4. The van der Waals surface area contributed by atoms with Crippen molar-refractivity contribution in [1.29, 1.82) is 0 Å². The molecule has 0 spiro atoms. The summed E-state index contributed by atoms with van der Waals surface area (Å²) in [6.07, 6.45) is 3.59. The second kappa shape index (κ2) is 11.7. The van der Waals surface area contributed by atoms with Gasteiger partial charge >= 0.3 is 0 Å². The molecule has 0 saturated heterocycles. The van der Waals surface area contributed by atoms with E-state index in [0.717, 1.165) is 31.2 Å². The van der Waals surface area contributed by atoms with Crippen LogP contribution in [0.2, 0.25) is 0 Å². The fraction of sp³-hybridized carbons (Fsp3) is 0.452. The van der Waals surface area contributed by atoms with Crippen molar-refractivity contribution in [3.8, 4) is 23.0 Å². The van der Waals surface area contributed by atoms with Gasteiger partial charge in [-0.2, -0.15) is 0 Å². The third kappa shape index (κ3) is 4.96. The number of hydrogen-bond acceptors (Lipinski definition) is 9. The highest BCUT2D eigenvalue weighted by Crippen LogP contribution is 2.51. The minimum absolute atomic E-state index is 0.0219. The summed E-state index contributed by atoms with van der Waals surface area (Å²) in [7, 11) is 1.45. The Bertz CT molecular complexity index is 1420. The number of aldehydes is 1. The van der Waals surface area contributed by atoms with Crippen molar-refractivity contribution in [2.24, 2.45) is 5.92 Å². The molecule has 4 atom stereocenters. The fourth-order valence-corrected chi connectivity index (χ4v) is 6.53. The van der Waals surface area contributed by atoms with Crippen LogP contribution in [-0.4, -0.2) is 78.5 Å². The second-order valence-corrected chi connectivity index (χ2v) is 11.0. The van der Waals surface area contributed by atoms with E-state index >= 15 is 0 Å². The number of nitrogens with one attached hydrogen (secondary N) is 1. The van der Waals surface area contributed by atoms with Crippen LogP contribution >= 0.6 is 0 Å². The molecule has 11 nitrogen and oxygen atoms in total. The van der Waals surface area contributed by atoms with E-state index < -0.39 is 30.1 Å². The molecule has 1 fully saturated rings. The molecule has 2 aromatic carbocycles. The molecule has 2 heterocycles. The van der Waals surface area contributed by atoms with Gasteiger partial charge in [0.1, 0.15) is 18.5 Å². The van der Waals surface area contributed by atoms with Gasteiger partial charge in [-0.15, -0.1) is 0 Å². The van der Waals surface area contributed by atoms with Crippen molar-refractivity contribution in [3.05, 3.63) is 58.7 Å². The van der Waals surface area contributed by atoms with E-state index in [-0.39, 0.29) is 43.9 Å². The van der Waals surface area contributed by atoms with Crippen LogP contribution in [0, 0.1) is 5.92 Å². The third-order valence-electron chi connectivity index (χ3n) is 8.55. The number of benzene rings is 2. The fourth-order valence-electron chi connectivity index (χ4n) is 6.53. The van der Waals surface area contributed by atoms with Gasteiger partial charge in [-0.05, 0) is 48.7 Å². The molecule has 42 heavy (non-hydrogen) atoms. The number of aliphatic hydroxyl groups is 2. The largest absolute Gasteiger partial charge is 0.493 e. The maximum absolute atomic E-state index is 14.1. The van der Waals surface area contributed by atoms with Gasteiger partial charge in [0.15, 0.2) is 23.0 Å². The lowest BCUT2D eigenvalue weighted by Gasteiger charge is -2.41. The standard InChI is InChI=1S/C31H34N2O9/c1-39-25-12-18(15-35)10-20-26-21(30(37)32-8-9-34)13-22(27(36)29(26)42-28(20)25)33(31(38)19-4-2-3-5-19)14-17-6-7-23-24(11-17)41-16-40-23/h6-7,10-13,15,19,22,26-27,29,34,36H,2-5,8-9,14,16H2,1H3,(H,32,37). The Hall–Kier alpha value is -4.09. The zero-order chi connectivity index (χ0) is 29.4. The van der Waals surface area contributed by atoms with Crippen molar-refractivity contribution < 1.29 is 43.5 Å². The first-order valence-electron chi connectivity index (χ1n) is 14.2. The monoisotopic (exact) mass is 578 g/mol. The van der Waals surface area contributed by atoms with Crippen molar-refractivity contribution >= 4 is 18.1 Å². The van der Waals surface area contributed by atoms with Gasteiger partial charge in [-0.25, -0.2) is 0 Å². The van der Waals surface area contributed by atoms with Crippen LogP contribution in [0.1, 0.15) is 53.1 Å². The summed E-state index contributed by atoms with van der Waals surface area (Å²) in [5.41, 5.74) is 1.94. The first kappa shape index (κ1) is 28.0. The highest BCUT2D eigenvalue weighted by molar-refractivity contribution is 5.96. The van der Waals surface area contributed by atoms with Gasteiger partial charge in [0.2, 0.25) is 18.6 Å². The third-order valence-corrected chi connectivity index (χ3v) is 8.55. The molecule has 0 bridgehead atoms. The molecule has 4 aliphatic rings. The van der Waals surface area contributed by atoms with Gasteiger partial charge < -0.3 is 39.4 Å². The maximum Gasteiger partial charge on any atom is 0.247 e. The van der Waals surface area contributed by atoms with Crippen LogP contribution < -0.4 is 24.3 Å². The molecule has 0 aromatic heterocycles. The molecular weight excluding hydrogens is 544 g/mol. The second-order valence-electron chi connectivity index (χ2n) is 11.0. The Balaban J connectivity index is 1.43. The number of hydrogen-bond donors (Lipinski definition) is 3. The Morgan fingerprint density at radius 1 is 1.14 bits per heavy atom. The molecule has 4 unspecified atom stereocenters. The van der Waals surface area contributed by atoms with E-state index in [1.54, 1.807) is 23.1 Å². The van der Waals surface area contributed by atoms with Crippen LogP contribution in [0.15, 0.2) is 42.0 Å². The lowest BCUT2D eigenvalue weighted by Crippen LogP contribution is -2.56. The summed E-state index contributed by atoms with van der Waals surface area (Å²) in [6, 6.07) is 7.74. The molecule has 11 heteroatoms. The van der Waals surface area contributed by atoms with Crippen LogP contribution in [0.4, 0.5) is 0 Å². The Morgan fingerprint density at radius 2 is 1.93 bits per heavy atom. The first-order chi connectivity index (χ1) is 20.4. The van der Waals surface area contributed by atoms with E-state index in [0.29, 0.717) is 40.4 Å². The normalized spacial score (nSPS) is 23.8. The van der Waals surface area contributed by atoms with Gasteiger partial charge in [-0.3, -0.25) is 14.4 Å². The summed E-state index contributed by atoms with van der Waals surface area (Å²) in [5.74, 6) is 0.363. The van der Waals surface area contributed by atoms with Crippen molar-refractivity contribution in [2.75, 3.05) is 27.1 Å². The number of rotatable bonds is 9. The van der Waals surface area contributed by atoms with Crippen LogP contribution in [-0.2, 0) is 16.1 Å². The topological polar surface area (TPSA) is 144 Å². The number of nitrogens with zero attached hydrogens (tertiary/aromatic N) is 1. The number of amides is 2. The Labute approximate surface area is 243 Å².